The van der Waals surface area contributed by atoms with Crippen LogP contribution in [-0.2, 0) is 11.2 Å². The van der Waals surface area contributed by atoms with Crippen LogP contribution in [-0.4, -0.2) is 53.0 Å². The first-order valence-electron chi connectivity index (χ1n) is 7.31. The molecule has 0 radical (unpaired) electrons. The second kappa shape index (κ2) is 6.89. The molecule has 1 aliphatic rings. The molecule has 1 aromatic carbocycles. The molecule has 1 atom stereocenters. The second-order valence-electron chi connectivity index (χ2n) is 5.85. The molecule has 1 saturated heterocycles. The van der Waals surface area contributed by atoms with Gasteiger partial charge in [0.05, 0.1) is 24.5 Å². The fraction of sp³-hybridized carbons (Fsp3) is 0.500. The lowest BCUT2D eigenvalue weighted by Gasteiger charge is -2.30. The topological polar surface area (TPSA) is 87.1 Å². The van der Waals surface area contributed by atoms with E-state index in [-0.39, 0.29) is 17.2 Å². The summed E-state index contributed by atoms with van der Waals surface area (Å²) in [5.74, 6) is -1.78. The highest BCUT2D eigenvalue weighted by molar-refractivity contribution is 5.93. The molecule has 1 aromatic rings. The number of aromatic carboxylic acids is 2. The monoisotopic (exact) mass is 307 g/mol. The van der Waals surface area contributed by atoms with Gasteiger partial charge in [0.1, 0.15) is 0 Å². The smallest absolute Gasteiger partial charge is 0.335 e. The summed E-state index contributed by atoms with van der Waals surface area (Å²) in [4.78, 5) is 24.7. The normalized spacial score (nSPS) is 16.9. The van der Waals surface area contributed by atoms with Crippen LogP contribution in [0.2, 0.25) is 0 Å². The third-order valence-electron chi connectivity index (χ3n) is 4.03. The standard InChI is InChI=1S/C16H21NO5/c1-10(2)14(17-5-6-22-9-17)8-12-7-11(15(18)19)3-4-13(12)16(20)21/h3-4,7,10,14H,5-6,8-9H2,1-2H3,(H,18,19)(H,20,21). The minimum absolute atomic E-state index is 0.111. The van der Waals surface area contributed by atoms with E-state index in [1.165, 1.54) is 18.2 Å². The molecule has 0 aliphatic carbocycles. The Morgan fingerprint density at radius 3 is 2.50 bits per heavy atom. The Kier molecular flexibility index (Phi) is 5.15. The fourth-order valence-corrected chi connectivity index (χ4v) is 2.81. The van der Waals surface area contributed by atoms with Crippen molar-refractivity contribution in [3.63, 3.8) is 0 Å². The molecular formula is C16H21NO5. The first kappa shape index (κ1) is 16.5. The summed E-state index contributed by atoms with van der Waals surface area (Å²) < 4.78 is 5.38. The Morgan fingerprint density at radius 2 is 2.00 bits per heavy atom. The van der Waals surface area contributed by atoms with E-state index < -0.39 is 11.9 Å². The van der Waals surface area contributed by atoms with Crippen molar-refractivity contribution >= 4 is 11.9 Å². The highest BCUT2D eigenvalue weighted by Gasteiger charge is 2.27. The van der Waals surface area contributed by atoms with Gasteiger partial charge in [-0.25, -0.2) is 9.59 Å². The number of carboxylic acid groups (broad SMARTS) is 2. The van der Waals surface area contributed by atoms with Gasteiger partial charge < -0.3 is 14.9 Å². The molecule has 1 unspecified atom stereocenters. The number of carboxylic acids is 2. The summed E-state index contributed by atoms with van der Waals surface area (Å²) in [5.41, 5.74) is 0.828. The van der Waals surface area contributed by atoms with Crippen LogP contribution in [0, 0.1) is 5.92 Å². The van der Waals surface area contributed by atoms with Gasteiger partial charge in [-0.2, -0.15) is 0 Å². The molecule has 1 fully saturated rings. The molecule has 22 heavy (non-hydrogen) atoms. The summed E-state index contributed by atoms with van der Waals surface area (Å²) >= 11 is 0. The van der Waals surface area contributed by atoms with Gasteiger partial charge in [0.25, 0.3) is 0 Å². The summed E-state index contributed by atoms with van der Waals surface area (Å²) in [6, 6.07) is 4.29. The lowest BCUT2D eigenvalue weighted by atomic mass is 9.91. The predicted molar refractivity (Wildman–Crippen MR) is 80.2 cm³/mol. The number of carbonyl (C=O) groups is 2. The van der Waals surface area contributed by atoms with Gasteiger partial charge >= 0.3 is 11.9 Å². The Balaban J connectivity index is 2.33. The summed E-state index contributed by atoms with van der Waals surface area (Å²) in [6.07, 6.45) is 0.490. The van der Waals surface area contributed by atoms with Crippen molar-refractivity contribution in [3.8, 4) is 0 Å². The van der Waals surface area contributed by atoms with Crippen LogP contribution in [0.1, 0.15) is 40.1 Å². The SMILES string of the molecule is CC(C)C(Cc1cc(C(=O)O)ccc1C(=O)O)N1CCOC1. The average Bonchev–Trinajstić information content (AvgIpc) is 2.97. The van der Waals surface area contributed by atoms with Crippen molar-refractivity contribution in [2.75, 3.05) is 19.9 Å². The molecule has 1 heterocycles. The molecule has 0 bridgehead atoms. The maximum atomic E-state index is 11.4. The van der Waals surface area contributed by atoms with Gasteiger partial charge in [-0.1, -0.05) is 13.8 Å². The van der Waals surface area contributed by atoms with Gasteiger partial charge in [-0.05, 0) is 36.1 Å². The Morgan fingerprint density at radius 1 is 1.27 bits per heavy atom. The number of benzene rings is 1. The lowest BCUT2D eigenvalue weighted by Crippen LogP contribution is -2.39. The van der Waals surface area contributed by atoms with Gasteiger partial charge in [-0.3, -0.25) is 4.90 Å². The van der Waals surface area contributed by atoms with Crippen LogP contribution in [0.3, 0.4) is 0 Å². The highest BCUT2D eigenvalue weighted by Crippen LogP contribution is 2.22. The maximum Gasteiger partial charge on any atom is 0.335 e. The number of hydrogen-bond donors (Lipinski definition) is 2. The minimum Gasteiger partial charge on any atom is -0.478 e. The van der Waals surface area contributed by atoms with E-state index in [0.717, 1.165) is 6.54 Å². The van der Waals surface area contributed by atoms with Gasteiger partial charge in [0.2, 0.25) is 0 Å². The Hall–Kier alpha value is -1.92. The largest absolute Gasteiger partial charge is 0.478 e. The third-order valence-corrected chi connectivity index (χ3v) is 4.03. The third kappa shape index (κ3) is 3.64. The van der Waals surface area contributed by atoms with E-state index in [4.69, 9.17) is 9.84 Å². The molecule has 0 aromatic heterocycles. The number of rotatable bonds is 6. The zero-order valence-electron chi connectivity index (χ0n) is 12.8. The number of hydrogen-bond acceptors (Lipinski definition) is 4. The predicted octanol–water partition coefficient (Wildman–Crippen LogP) is 1.94. The van der Waals surface area contributed by atoms with Crippen LogP contribution in [0.5, 0.6) is 0 Å². The van der Waals surface area contributed by atoms with Crippen LogP contribution in [0.15, 0.2) is 18.2 Å². The zero-order chi connectivity index (χ0) is 16.3. The van der Waals surface area contributed by atoms with Crippen LogP contribution in [0.4, 0.5) is 0 Å². The molecule has 0 saturated carbocycles. The fourth-order valence-electron chi connectivity index (χ4n) is 2.81. The van der Waals surface area contributed by atoms with Crippen molar-refractivity contribution in [2.45, 2.75) is 26.3 Å². The summed E-state index contributed by atoms with van der Waals surface area (Å²) in [7, 11) is 0. The van der Waals surface area contributed by atoms with Gasteiger partial charge in [-0.15, -0.1) is 0 Å². The molecule has 0 amide bonds. The molecule has 1 aliphatic heterocycles. The molecule has 6 nitrogen and oxygen atoms in total. The molecular weight excluding hydrogens is 286 g/mol. The van der Waals surface area contributed by atoms with Crippen molar-refractivity contribution in [1.82, 2.24) is 4.90 Å². The average molecular weight is 307 g/mol. The van der Waals surface area contributed by atoms with E-state index in [1.54, 1.807) is 0 Å². The first-order valence-corrected chi connectivity index (χ1v) is 7.31. The van der Waals surface area contributed by atoms with Crippen molar-refractivity contribution in [3.05, 3.63) is 34.9 Å². The van der Waals surface area contributed by atoms with Crippen LogP contribution < -0.4 is 0 Å². The second-order valence-corrected chi connectivity index (χ2v) is 5.85. The lowest BCUT2D eigenvalue weighted by molar-refractivity contribution is 0.0678. The molecule has 0 spiro atoms. The van der Waals surface area contributed by atoms with E-state index >= 15 is 0 Å². The maximum absolute atomic E-state index is 11.4. The molecule has 2 N–H and O–H groups in total. The van der Waals surface area contributed by atoms with Crippen molar-refractivity contribution in [2.24, 2.45) is 5.92 Å². The van der Waals surface area contributed by atoms with Crippen LogP contribution >= 0.6 is 0 Å². The van der Waals surface area contributed by atoms with E-state index in [0.29, 0.717) is 31.2 Å². The highest BCUT2D eigenvalue weighted by atomic mass is 16.5. The molecule has 2 rings (SSSR count). The van der Waals surface area contributed by atoms with E-state index in [1.807, 2.05) is 0 Å². The van der Waals surface area contributed by atoms with E-state index in [2.05, 4.69) is 18.7 Å². The van der Waals surface area contributed by atoms with Crippen molar-refractivity contribution in [1.29, 1.82) is 0 Å². The minimum atomic E-state index is -1.05. The Labute approximate surface area is 129 Å². The quantitative estimate of drug-likeness (QED) is 0.835. The molecule has 6 heteroatoms. The first-order chi connectivity index (χ1) is 10.4. The van der Waals surface area contributed by atoms with Crippen molar-refractivity contribution < 1.29 is 24.5 Å². The zero-order valence-corrected chi connectivity index (χ0v) is 12.8. The van der Waals surface area contributed by atoms with Gasteiger partial charge in [0.15, 0.2) is 0 Å². The summed E-state index contributed by atoms with van der Waals surface area (Å²) in [5, 5.41) is 18.4. The van der Waals surface area contributed by atoms with Gasteiger partial charge in [0, 0.05) is 12.6 Å². The molecule has 120 valence electrons. The van der Waals surface area contributed by atoms with Crippen LogP contribution in [0.25, 0.3) is 0 Å². The Bertz CT molecular complexity index is 564. The summed E-state index contributed by atoms with van der Waals surface area (Å²) in [6.45, 7) is 6.16. The van der Waals surface area contributed by atoms with E-state index in [9.17, 15) is 14.7 Å². The number of nitrogens with zero attached hydrogens (tertiary/aromatic N) is 1. The number of ether oxygens (including phenoxy) is 1.